The summed E-state index contributed by atoms with van der Waals surface area (Å²) in [6.45, 7) is 8.70. The van der Waals surface area contributed by atoms with E-state index in [1.807, 2.05) is 19.9 Å². The summed E-state index contributed by atoms with van der Waals surface area (Å²) in [5, 5.41) is 13.9. The van der Waals surface area contributed by atoms with Crippen LogP contribution in [0.15, 0.2) is 10.6 Å². The number of piperidine rings is 1. The van der Waals surface area contributed by atoms with E-state index in [9.17, 15) is 18.0 Å². The average Bonchev–Trinajstić information content (AvgIpc) is 3.38. The summed E-state index contributed by atoms with van der Waals surface area (Å²) in [6.07, 6.45) is -3.16. The van der Waals surface area contributed by atoms with Crippen molar-refractivity contribution < 1.29 is 37.1 Å². The van der Waals surface area contributed by atoms with Crippen LogP contribution in [0.4, 0.5) is 19.1 Å². The van der Waals surface area contributed by atoms with Crippen molar-refractivity contribution in [3.63, 3.8) is 0 Å². The van der Waals surface area contributed by atoms with E-state index in [1.54, 1.807) is 6.92 Å². The number of fused-ring (bicyclic) bond motifs is 1. The predicted octanol–water partition coefficient (Wildman–Crippen LogP) is 2.01. The molecule has 2 aromatic rings. The molecule has 4 rings (SSSR count). The van der Waals surface area contributed by atoms with Gasteiger partial charge in [-0.25, -0.2) is 14.8 Å². The molecule has 14 heteroatoms. The molecule has 2 N–H and O–H groups in total. The number of hydrogen-bond donors (Lipinski definition) is 2. The summed E-state index contributed by atoms with van der Waals surface area (Å²) < 4.78 is 42.7. The number of rotatable bonds is 6. The summed E-state index contributed by atoms with van der Waals surface area (Å²) >= 11 is 0. The third-order valence-electron chi connectivity index (χ3n) is 5.92. The van der Waals surface area contributed by atoms with Gasteiger partial charge in [0, 0.05) is 50.3 Å². The lowest BCUT2D eigenvalue weighted by molar-refractivity contribution is -0.192. The summed E-state index contributed by atoms with van der Waals surface area (Å²) in [6, 6.07) is 1.99. The van der Waals surface area contributed by atoms with Gasteiger partial charge in [0.05, 0.1) is 19.1 Å². The number of hydrogen-bond acceptors (Lipinski definition) is 9. The van der Waals surface area contributed by atoms with Crippen LogP contribution in [0.5, 0.6) is 0 Å². The summed E-state index contributed by atoms with van der Waals surface area (Å²) in [4.78, 5) is 36.8. The zero-order valence-electron chi connectivity index (χ0n) is 20.2. The Labute approximate surface area is 205 Å². The number of carbonyl (C=O) groups is 2. The molecule has 2 aromatic heterocycles. The van der Waals surface area contributed by atoms with Crippen molar-refractivity contribution in [2.75, 3.05) is 31.1 Å². The second kappa shape index (κ2) is 11.6. The molecule has 0 saturated carbocycles. The second-order valence-electron chi connectivity index (χ2n) is 8.82. The van der Waals surface area contributed by atoms with Crippen molar-refractivity contribution in [2.45, 2.75) is 52.3 Å². The van der Waals surface area contributed by atoms with Crippen LogP contribution < -0.4 is 10.2 Å². The fraction of sp³-hybridized carbons (Fsp3) is 0.636. The van der Waals surface area contributed by atoms with Gasteiger partial charge in [-0.3, -0.25) is 4.79 Å². The van der Waals surface area contributed by atoms with Crippen molar-refractivity contribution in [2.24, 2.45) is 11.8 Å². The smallest absolute Gasteiger partial charge is 0.475 e. The summed E-state index contributed by atoms with van der Waals surface area (Å²) in [5.74, 6) is 0.0218. The highest BCUT2D eigenvalue weighted by Crippen LogP contribution is 2.36. The molecule has 198 valence electrons. The monoisotopic (exact) mass is 514 g/mol. The Kier molecular flexibility index (Phi) is 8.82. The fourth-order valence-corrected chi connectivity index (χ4v) is 4.34. The van der Waals surface area contributed by atoms with Gasteiger partial charge in [0.25, 0.3) is 0 Å². The SMILES string of the molecule is Cc1cc(C)nc(N2CC[C@@H]3[C@@H](CO[C@H]3CC(=O)NCCc3noc(C)n3)C2)n1.O=C(O)C(F)(F)F. The van der Waals surface area contributed by atoms with E-state index in [4.69, 9.17) is 19.2 Å². The molecule has 11 nitrogen and oxygen atoms in total. The fourth-order valence-electron chi connectivity index (χ4n) is 4.34. The van der Waals surface area contributed by atoms with Gasteiger partial charge in [-0.15, -0.1) is 0 Å². The number of halogens is 3. The Bertz CT molecular complexity index is 1040. The van der Waals surface area contributed by atoms with Crippen LogP contribution in [0, 0.1) is 32.6 Å². The molecular weight excluding hydrogens is 485 g/mol. The van der Waals surface area contributed by atoms with Gasteiger partial charge in [-0.05, 0) is 32.3 Å². The van der Waals surface area contributed by atoms with E-state index < -0.39 is 12.1 Å². The number of nitrogens with one attached hydrogen (secondary N) is 1. The maximum Gasteiger partial charge on any atom is 0.490 e. The van der Waals surface area contributed by atoms with Crippen LogP contribution in [0.2, 0.25) is 0 Å². The Morgan fingerprint density at radius 2 is 1.86 bits per heavy atom. The zero-order valence-corrected chi connectivity index (χ0v) is 20.2. The number of amides is 1. The van der Waals surface area contributed by atoms with Crippen molar-refractivity contribution in [1.29, 1.82) is 0 Å². The third-order valence-corrected chi connectivity index (χ3v) is 5.92. The Hall–Kier alpha value is -3.29. The normalized spacial score (nSPS) is 21.4. The second-order valence-corrected chi connectivity index (χ2v) is 8.82. The van der Waals surface area contributed by atoms with Crippen molar-refractivity contribution in [3.8, 4) is 0 Å². The molecule has 3 atom stereocenters. The molecule has 1 amide bonds. The van der Waals surface area contributed by atoms with Gasteiger partial charge in [0.1, 0.15) is 0 Å². The molecule has 0 spiro atoms. The lowest BCUT2D eigenvalue weighted by Gasteiger charge is -2.35. The maximum absolute atomic E-state index is 12.3. The van der Waals surface area contributed by atoms with Crippen LogP contribution in [-0.2, 0) is 20.7 Å². The van der Waals surface area contributed by atoms with E-state index in [2.05, 4.69) is 30.3 Å². The third kappa shape index (κ3) is 7.60. The number of alkyl halides is 3. The van der Waals surface area contributed by atoms with Crippen LogP contribution in [-0.4, -0.2) is 75.6 Å². The van der Waals surface area contributed by atoms with Crippen molar-refractivity contribution >= 4 is 17.8 Å². The maximum atomic E-state index is 12.3. The topological polar surface area (TPSA) is 144 Å². The number of aryl methyl sites for hydroxylation is 3. The lowest BCUT2D eigenvalue weighted by Crippen LogP contribution is -2.43. The Morgan fingerprint density at radius 3 is 2.44 bits per heavy atom. The van der Waals surface area contributed by atoms with E-state index in [0.717, 1.165) is 36.8 Å². The molecule has 0 aromatic carbocycles. The van der Waals surface area contributed by atoms with Crippen molar-refractivity contribution in [1.82, 2.24) is 25.4 Å². The number of aromatic nitrogens is 4. The van der Waals surface area contributed by atoms with Crippen LogP contribution in [0.25, 0.3) is 0 Å². The number of carbonyl (C=O) groups excluding carboxylic acids is 1. The first-order valence-corrected chi connectivity index (χ1v) is 11.5. The van der Waals surface area contributed by atoms with E-state index in [-0.39, 0.29) is 12.0 Å². The number of aliphatic carboxylic acids is 1. The highest BCUT2D eigenvalue weighted by molar-refractivity contribution is 5.76. The van der Waals surface area contributed by atoms with E-state index >= 15 is 0 Å². The molecule has 4 heterocycles. The largest absolute Gasteiger partial charge is 0.490 e. The number of ether oxygens (including phenoxy) is 1. The molecule has 2 fully saturated rings. The first-order valence-electron chi connectivity index (χ1n) is 11.5. The molecule has 2 saturated heterocycles. The molecule has 0 unspecified atom stereocenters. The average molecular weight is 515 g/mol. The molecule has 2 aliphatic heterocycles. The molecular formula is C22H29F3N6O5. The van der Waals surface area contributed by atoms with Crippen LogP contribution >= 0.6 is 0 Å². The predicted molar refractivity (Wildman–Crippen MR) is 119 cm³/mol. The molecule has 2 aliphatic rings. The molecule has 0 aliphatic carbocycles. The quantitative estimate of drug-likeness (QED) is 0.587. The number of anilines is 1. The van der Waals surface area contributed by atoms with E-state index in [1.165, 1.54) is 0 Å². The highest BCUT2D eigenvalue weighted by Gasteiger charge is 2.42. The number of nitrogens with zero attached hydrogens (tertiary/aromatic N) is 5. The molecule has 36 heavy (non-hydrogen) atoms. The highest BCUT2D eigenvalue weighted by atomic mass is 19.4. The van der Waals surface area contributed by atoms with Gasteiger partial charge in [-0.2, -0.15) is 18.2 Å². The number of carboxylic acids is 1. The molecule has 0 bridgehead atoms. The number of carboxylic acid groups (broad SMARTS) is 1. The summed E-state index contributed by atoms with van der Waals surface area (Å²) in [5.41, 5.74) is 1.98. The Balaban J connectivity index is 0.000000454. The molecule has 0 radical (unpaired) electrons. The minimum atomic E-state index is -5.08. The first-order chi connectivity index (χ1) is 16.9. The standard InChI is InChI=1S/C20H28N6O3.C2HF3O2/c1-12-8-13(2)23-20(22-12)26-7-5-16-15(10-26)11-28-17(16)9-19(27)21-6-4-18-24-14(3)29-25-18;3-2(4,5)1(6)7/h8,15-17H,4-7,9-11H2,1-3H3,(H,21,27);(H,6,7)/t15-,16-,17+;/m1./s1. The minimum Gasteiger partial charge on any atom is -0.475 e. The van der Waals surface area contributed by atoms with Gasteiger partial charge < -0.3 is 24.6 Å². The lowest BCUT2D eigenvalue weighted by atomic mass is 9.83. The van der Waals surface area contributed by atoms with Gasteiger partial charge in [-0.1, -0.05) is 5.16 Å². The first kappa shape index (κ1) is 27.3. The zero-order chi connectivity index (χ0) is 26.5. The van der Waals surface area contributed by atoms with Gasteiger partial charge >= 0.3 is 12.1 Å². The van der Waals surface area contributed by atoms with Crippen LogP contribution in [0.3, 0.4) is 0 Å². The van der Waals surface area contributed by atoms with Crippen molar-refractivity contribution in [3.05, 3.63) is 29.2 Å². The van der Waals surface area contributed by atoms with Crippen LogP contribution in [0.1, 0.15) is 35.9 Å². The Morgan fingerprint density at radius 1 is 1.19 bits per heavy atom. The minimum absolute atomic E-state index is 0.0101. The van der Waals surface area contributed by atoms with E-state index in [0.29, 0.717) is 49.5 Å². The van der Waals surface area contributed by atoms with Gasteiger partial charge in [0.15, 0.2) is 5.82 Å². The van der Waals surface area contributed by atoms with Gasteiger partial charge in [0.2, 0.25) is 17.7 Å². The summed E-state index contributed by atoms with van der Waals surface area (Å²) in [7, 11) is 0.